The second kappa shape index (κ2) is 5.98. The monoisotopic (exact) mass is 201 g/mol. The molecular formula is C10H23N3O. The van der Waals surface area contributed by atoms with Crippen molar-refractivity contribution in [3.63, 3.8) is 0 Å². The van der Waals surface area contributed by atoms with E-state index in [-0.39, 0.29) is 5.91 Å². The van der Waals surface area contributed by atoms with Gasteiger partial charge in [-0.1, -0.05) is 13.8 Å². The molecule has 0 aromatic carbocycles. The first-order chi connectivity index (χ1) is 6.36. The summed E-state index contributed by atoms with van der Waals surface area (Å²) in [6, 6.07) is -0.0670. The summed E-state index contributed by atoms with van der Waals surface area (Å²) >= 11 is 0. The van der Waals surface area contributed by atoms with Crippen molar-refractivity contribution in [2.45, 2.75) is 32.9 Å². The standard InChI is InChI=1S/C10H23N3O/c1-7(2)9(13(4)5)6-12-10(14)8(3)11/h7-9H,6,11H2,1-5H3,(H,12,14)/t8-,9?/m1/s1. The number of amides is 1. The lowest BCUT2D eigenvalue weighted by molar-refractivity contribution is -0.122. The number of rotatable bonds is 5. The zero-order valence-electron chi connectivity index (χ0n) is 9.87. The molecule has 0 saturated carbocycles. The van der Waals surface area contributed by atoms with Crippen LogP contribution in [0.3, 0.4) is 0 Å². The molecule has 0 spiro atoms. The van der Waals surface area contributed by atoms with Gasteiger partial charge in [-0.3, -0.25) is 4.79 Å². The maximum absolute atomic E-state index is 11.2. The molecule has 0 radical (unpaired) electrons. The molecule has 1 amide bonds. The Balaban J connectivity index is 4.01. The van der Waals surface area contributed by atoms with E-state index in [1.807, 2.05) is 14.1 Å². The van der Waals surface area contributed by atoms with Gasteiger partial charge >= 0.3 is 0 Å². The van der Waals surface area contributed by atoms with Crippen LogP contribution in [0.4, 0.5) is 0 Å². The molecule has 0 aliphatic carbocycles. The molecule has 0 saturated heterocycles. The zero-order chi connectivity index (χ0) is 11.3. The zero-order valence-corrected chi connectivity index (χ0v) is 9.87. The normalized spacial score (nSPS) is 15.7. The molecule has 84 valence electrons. The SMILES string of the molecule is CC(C)C(CNC(=O)[C@@H](C)N)N(C)C. The number of nitrogens with zero attached hydrogens (tertiary/aromatic N) is 1. The fraction of sp³-hybridized carbons (Fsp3) is 0.900. The van der Waals surface area contributed by atoms with E-state index in [1.165, 1.54) is 0 Å². The van der Waals surface area contributed by atoms with Crippen LogP contribution in [0.15, 0.2) is 0 Å². The molecule has 0 aliphatic rings. The summed E-state index contributed by atoms with van der Waals surface area (Å²) in [5.41, 5.74) is 5.45. The Morgan fingerprint density at radius 1 is 1.36 bits per heavy atom. The third kappa shape index (κ3) is 4.58. The highest BCUT2D eigenvalue weighted by molar-refractivity contribution is 5.80. The molecule has 2 atom stereocenters. The van der Waals surface area contributed by atoms with Crippen molar-refractivity contribution in [2.75, 3.05) is 20.6 Å². The molecule has 0 aliphatic heterocycles. The van der Waals surface area contributed by atoms with E-state index < -0.39 is 6.04 Å². The van der Waals surface area contributed by atoms with Crippen LogP contribution in [-0.2, 0) is 4.79 Å². The van der Waals surface area contributed by atoms with Crippen molar-refractivity contribution < 1.29 is 4.79 Å². The van der Waals surface area contributed by atoms with Crippen LogP contribution in [0, 0.1) is 5.92 Å². The number of hydrogen-bond donors (Lipinski definition) is 2. The Labute approximate surface area is 86.8 Å². The van der Waals surface area contributed by atoms with Gasteiger partial charge in [0.1, 0.15) is 0 Å². The smallest absolute Gasteiger partial charge is 0.236 e. The first-order valence-corrected chi connectivity index (χ1v) is 5.06. The Hall–Kier alpha value is -0.610. The fourth-order valence-corrected chi connectivity index (χ4v) is 1.38. The molecule has 0 heterocycles. The van der Waals surface area contributed by atoms with E-state index in [0.717, 1.165) is 0 Å². The number of likely N-dealkylation sites (N-methyl/N-ethyl adjacent to an activating group) is 1. The second-order valence-electron chi connectivity index (χ2n) is 4.31. The van der Waals surface area contributed by atoms with Gasteiger partial charge in [0.05, 0.1) is 6.04 Å². The van der Waals surface area contributed by atoms with Crippen LogP contribution >= 0.6 is 0 Å². The Morgan fingerprint density at radius 3 is 2.14 bits per heavy atom. The van der Waals surface area contributed by atoms with Crippen LogP contribution < -0.4 is 11.1 Å². The Kier molecular flexibility index (Phi) is 5.72. The lowest BCUT2D eigenvalue weighted by Crippen LogP contribution is -2.47. The highest BCUT2D eigenvalue weighted by Crippen LogP contribution is 2.05. The van der Waals surface area contributed by atoms with Crippen molar-refractivity contribution >= 4 is 5.91 Å². The summed E-state index contributed by atoms with van der Waals surface area (Å²) in [5, 5.41) is 2.84. The van der Waals surface area contributed by atoms with Gasteiger partial charge in [0.25, 0.3) is 0 Å². The lowest BCUT2D eigenvalue weighted by atomic mass is 10.0. The average molecular weight is 201 g/mol. The van der Waals surface area contributed by atoms with Gasteiger partial charge in [-0.05, 0) is 26.9 Å². The number of carbonyl (C=O) groups excluding carboxylic acids is 1. The van der Waals surface area contributed by atoms with Crippen molar-refractivity contribution in [1.82, 2.24) is 10.2 Å². The first kappa shape index (κ1) is 13.4. The first-order valence-electron chi connectivity index (χ1n) is 5.06. The van der Waals surface area contributed by atoms with Gasteiger partial charge in [-0.2, -0.15) is 0 Å². The van der Waals surface area contributed by atoms with Gasteiger partial charge in [0.2, 0.25) is 5.91 Å². The summed E-state index contributed by atoms with van der Waals surface area (Å²) in [6.45, 7) is 6.63. The summed E-state index contributed by atoms with van der Waals surface area (Å²) < 4.78 is 0. The molecular weight excluding hydrogens is 178 g/mol. The van der Waals surface area contributed by atoms with E-state index in [4.69, 9.17) is 5.73 Å². The van der Waals surface area contributed by atoms with Gasteiger partial charge < -0.3 is 16.0 Å². The highest BCUT2D eigenvalue weighted by atomic mass is 16.2. The van der Waals surface area contributed by atoms with Crippen LogP contribution in [0.1, 0.15) is 20.8 Å². The quantitative estimate of drug-likeness (QED) is 0.660. The average Bonchev–Trinajstić information content (AvgIpc) is 2.02. The molecule has 4 heteroatoms. The molecule has 14 heavy (non-hydrogen) atoms. The minimum absolute atomic E-state index is 0.0856. The Bertz CT molecular complexity index is 170. The largest absolute Gasteiger partial charge is 0.353 e. The molecule has 0 bridgehead atoms. The van der Waals surface area contributed by atoms with E-state index in [9.17, 15) is 4.79 Å². The topological polar surface area (TPSA) is 58.4 Å². The van der Waals surface area contributed by atoms with Gasteiger partial charge in [-0.25, -0.2) is 0 Å². The van der Waals surface area contributed by atoms with Crippen LogP contribution in [0.25, 0.3) is 0 Å². The number of carbonyl (C=O) groups is 1. The summed E-state index contributed by atoms with van der Waals surface area (Å²) in [4.78, 5) is 13.4. The minimum Gasteiger partial charge on any atom is -0.353 e. The second-order valence-corrected chi connectivity index (χ2v) is 4.31. The molecule has 0 fully saturated rings. The number of hydrogen-bond acceptors (Lipinski definition) is 3. The third-order valence-electron chi connectivity index (χ3n) is 2.33. The number of nitrogens with two attached hydrogens (primary N) is 1. The Morgan fingerprint density at radius 2 is 1.86 bits per heavy atom. The minimum atomic E-state index is -0.426. The molecule has 0 aromatic heterocycles. The molecule has 0 rings (SSSR count). The number of nitrogens with one attached hydrogen (secondary N) is 1. The van der Waals surface area contributed by atoms with Gasteiger partial charge in [0.15, 0.2) is 0 Å². The van der Waals surface area contributed by atoms with Crippen LogP contribution in [-0.4, -0.2) is 43.5 Å². The van der Waals surface area contributed by atoms with Crippen molar-refractivity contribution in [3.8, 4) is 0 Å². The molecule has 1 unspecified atom stereocenters. The molecule has 0 aromatic rings. The van der Waals surface area contributed by atoms with Crippen LogP contribution in [0.2, 0.25) is 0 Å². The molecule has 3 N–H and O–H groups in total. The highest BCUT2D eigenvalue weighted by Gasteiger charge is 2.17. The van der Waals surface area contributed by atoms with E-state index >= 15 is 0 Å². The predicted molar refractivity (Wildman–Crippen MR) is 59.0 cm³/mol. The predicted octanol–water partition coefficient (Wildman–Crippen LogP) is 0.0360. The maximum atomic E-state index is 11.2. The fourth-order valence-electron chi connectivity index (χ4n) is 1.38. The van der Waals surface area contributed by atoms with Gasteiger partial charge in [0, 0.05) is 12.6 Å². The van der Waals surface area contributed by atoms with E-state index in [2.05, 4.69) is 24.1 Å². The van der Waals surface area contributed by atoms with Crippen molar-refractivity contribution in [1.29, 1.82) is 0 Å². The summed E-state index contributed by atoms with van der Waals surface area (Å²) in [7, 11) is 4.03. The van der Waals surface area contributed by atoms with E-state index in [0.29, 0.717) is 18.5 Å². The molecule has 4 nitrogen and oxygen atoms in total. The summed E-state index contributed by atoms with van der Waals surface area (Å²) in [5.74, 6) is 0.427. The van der Waals surface area contributed by atoms with Crippen molar-refractivity contribution in [3.05, 3.63) is 0 Å². The van der Waals surface area contributed by atoms with E-state index in [1.54, 1.807) is 6.92 Å². The third-order valence-corrected chi connectivity index (χ3v) is 2.33. The lowest BCUT2D eigenvalue weighted by Gasteiger charge is -2.28. The van der Waals surface area contributed by atoms with Gasteiger partial charge in [-0.15, -0.1) is 0 Å². The van der Waals surface area contributed by atoms with Crippen molar-refractivity contribution in [2.24, 2.45) is 11.7 Å². The maximum Gasteiger partial charge on any atom is 0.236 e. The summed E-state index contributed by atoms with van der Waals surface area (Å²) in [6.07, 6.45) is 0. The van der Waals surface area contributed by atoms with Crippen LogP contribution in [0.5, 0.6) is 0 Å².